The van der Waals surface area contributed by atoms with Crippen LogP contribution < -0.4 is 0 Å². The van der Waals surface area contributed by atoms with Crippen LogP contribution in [0, 0.1) is 17.3 Å². The molecule has 0 aliphatic carbocycles. The Kier molecular flexibility index (Phi) is 4.71. The summed E-state index contributed by atoms with van der Waals surface area (Å²) in [4.78, 5) is 23.8. The van der Waals surface area contributed by atoms with E-state index in [0.29, 0.717) is 6.42 Å². The zero-order valence-electron chi connectivity index (χ0n) is 11.8. The van der Waals surface area contributed by atoms with Crippen molar-refractivity contribution >= 4 is 11.9 Å². The number of nitrogens with zero attached hydrogens (tertiary/aromatic N) is 1. The Balaban J connectivity index is 2.71. The van der Waals surface area contributed by atoms with Crippen molar-refractivity contribution in [2.24, 2.45) is 17.3 Å². The van der Waals surface area contributed by atoms with Crippen LogP contribution in [0.2, 0.25) is 0 Å². The van der Waals surface area contributed by atoms with Crippen LogP contribution in [0.15, 0.2) is 0 Å². The van der Waals surface area contributed by atoms with Gasteiger partial charge in [0.1, 0.15) is 0 Å². The van der Waals surface area contributed by atoms with E-state index in [9.17, 15) is 22.8 Å². The molecule has 0 unspecified atom stereocenters. The molecule has 1 saturated heterocycles. The van der Waals surface area contributed by atoms with Crippen molar-refractivity contribution in [2.45, 2.75) is 39.8 Å². The van der Waals surface area contributed by atoms with Gasteiger partial charge in [0.15, 0.2) is 0 Å². The van der Waals surface area contributed by atoms with E-state index in [1.807, 2.05) is 20.8 Å². The van der Waals surface area contributed by atoms with Gasteiger partial charge in [-0.15, -0.1) is 0 Å². The molecule has 0 aromatic carbocycles. The molecule has 0 aromatic rings. The number of alkyl halides is 3. The number of carboxylic acid groups (broad SMARTS) is 1. The van der Waals surface area contributed by atoms with Gasteiger partial charge in [0.2, 0.25) is 5.91 Å². The van der Waals surface area contributed by atoms with Gasteiger partial charge in [-0.2, -0.15) is 13.2 Å². The average molecular weight is 295 g/mol. The molecule has 1 heterocycles. The van der Waals surface area contributed by atoms with Gasteiger partial charge in [-0.05, 0) is 11.8 Å². The minimum atomic E-state index is -4.60. The number of rotatable bonds is 3. The minimum absolute atomic E-state index is 0.0922. The molecule has 0 radical (unpaired) electrons. The molecule has 20 heavy (non-hydrogen) atoms. The monoisotopic (exact) mass is 295 g/mol. The quantitative estimate of drug-likeness (QED) is 0.870. The van der Waals surface area contributed by atoms with E-state index in [0.717, 1.165) is 4.90 Å². The highest BCUT2D eigenvalue weighted by atomic mass is 19.4. The lowest BCUT2D eigenvalue weighted by Gasteiger charge is -2.21. The first-order valence-electron chi connectivity index (χ1n) is 6.49. The van der Waals surface area contributed by atoms with Crippen molar-refractivity contribution in [3.05, 3.63) is 0 Å². The fourth-order valence-corrected chi connectivity index (χ4v) is 2.23. The third-order valence-electron chi connectivity index (χ3n) is 3.50. The van der Waals surface area contributed by atoms with Crippen LogP contribution in [-0.4, -0.2) is 41.1 Å². The van der Waals surface area contributed by atoms with Crippen molar-refractivity contribution in [1.82, 2.24) is 4.90 Å². The van der Waals surface area contributed by atoms with Crippen molar-refractivity contribution in [3.8, 4) is 0 Å². The van der Waals surface area contributed by atoms with Gasteiger partial charge in [-0.25, -0.2) is 0 Å². The van der Waals surface area contributed by atoms with E-state index >= 15 is 0 Å². The molecule has 0 aromatic heterocycles. The van der Waals surface area contributed by atoms with E-state index in [1.54, 1.807) is 0 Å². The van der Waals surface area contributed by atoms with Crippen LogP contribution >= 0.6 is 0 Å². The molecule has 0 spiro atoms. The third kappa shape index (κ3) is 4.38. The first kappa shape index (κ1) is 16.8. The van der Waals surface area contributed by atoms with E-state index in [1.165, 1.54) is 0 Å². The van der Waals surface area contributed by atoms with Gasteiger partial charge < -0.3 is 10.0 Å². The van der Waals surface area contributed by atoms with Crippen LogP contribution in [-0.2, 0) is 9.59 Å². The highest BCUT2D eigenvalue weighted by molar-refractivity contribution is 5.79. The smallest absolute Gasteiger partial charge is 0.394 e. The molecular formula is C13H20F3NO3. The zero-order valence-corrected chi connectivity index (χ0v) is 11.8. The number of carbonyl (C=O) groups excluding carboxylic acids is 1. The number of hydrogen-bond acceptors (Lipinski definition) is 2. The number of likely N-dealkylation sites (tertiary alicyclic amines) is 1. The van der Waals surface area contributed by atoms with Gasteiger partial charge in [-0.1, -0.05) is 20.8 Å². The molecule has 1 aliphatic heterocycles. The summed E-state index contributed by atoms with van der Waals surface area (Å²) in [6.45, 7) is 4.89. The van der Waals surface area contributed by atoms with Crippen molar-refractivity contribution in [3.63, 3.8) is 0 Å². The maximum atomic E-state index is 12.8. The fraction of sp³-hybridized carbons (Fsp3) is 0.846. The van der Waals surface area contributed by atoms with Crippen LogP contribution in [0.5, 0.6) is 0 Å². The molecule has 7 heteroatoms. The maximum Gasteiger partial charge on any atom is 0.394 e. The Labute approximate surface area is 115 Å². The van der Waals surface area contributed by atoms with E-state index in [4.69, 9.17) is 5.11 Å². The minimum Gasteiger partial charge on any atom is -0.481 e. The number of amides is 1. The summed E-state index contributed by atoms with van der Waals surface area (Å²) in [5, 5.41) is 8.87. The van der Waals surface area contributed by atoms with Crippen LogP contribution in [0.1, 0.15) is 33.6 Å². The lowest BCUT2D eigenvalue weighted by atomic mass is 9.90. The zero-order chi connectivity index (χ0) is 15.7. The molecular weight excluding hydrogens is 275 g/mol. The van der Waals surface area contributed by atoms with Crippen molar-refractivity contribution in [2.75, 3.05) is 13.1 Å². The van der Waals surface area contributed by atoms with Gasteiger partial charge in [0.05, 0.1) is 11.8 Å². The molecule has 4 nitrogen and oxygen atoms in total. The second kappa shape index (κ2) is 5.61. The topological polar surface area (TPSA) is 57.6 Å². The summed E-state index contributed by atoms with van der Waals surface area (Å²) in [6.07, 6.45) is -3.90. The Morgan fingerprint density at radius 2 is 1.75 bits per heavy atom. The summed E-state index contributed by atoms with van der Waals surface area (Å²) in [7, 11) is 0. The van der Waals surface area contributed by atoms with Crippen LogP contribution in [0.3, 0.4) is 0 Å². The highest BCUT2D eigenvalue weighted by Gasteiger charge is 2.53. The van der Waals surface area contributed by atoms with E-state index in [2.05, 4.69) is 0 Å². The van der Waals surface area contributed by atoms with E-state index in [-0.39, 0.29) is 18.4 Å². The first-order valence-corrected chi connectivity index (χ1v) is 6.49. The van der Waals surface area contributed by atoms with E-state index < -0.39 is 36.4 Å². The van der Waals surface area contributed by atoms with Crippen molar-refractivity contribution in [1.29, 1.82) is 0 Å². The SMILES string of the molecule is CC(C)(C)CCC(=O)N1C[C@@H](C(F)(F)F)[C@H](C(=O)O)C1. The maximum absolute atomic E-state index is 12.8. The number of carboxylic acids is 1. The number of carbonyl (C=O) groups is 2. The highest BCUT2D eigenvalue weighted by Crippen LogP contribution is 2.38. The summed E-state index contributed by atoms with van der Waals surface area (Å²) < 4.78 is 38.3. The predicted octanol–water partition coefficient (Wildman–Crippen LogP) is 2.53. The lowest BCUT2D eigenvalue weighted by molar-refractivity contribution is -0.188. The van der Waals surface area contributed by atoms with Gasteiger partial charge >= 0.3 is 12.1 Å². The largest absolute Gasteiger partial charge is 0.481 e. The fourth-order valence-electron chi connectivity index (χ4n) is 2.23. The summed E-state index contributed by atoms with van der Waals surface area (Å²) in [5.41, 5.74) is -0.0922. The number of hydrogen-bond donors (Lipinski definition) is 1. The standard InChI is InChI=1S/C13H20F3NO3/c1-12(2,3)5-4-10(18)17-6-8(11(19)20)9(7-17)13(14,15)16/h8-9H,4-7H2,1-3H3,(H,19,20)/t8-,9-/m1/s1. The normalized spacial score (nSPS) is 24.0. The molecule has 1 aliphatic rings. The summed E-state index contributed by atoms with van der Waals surface area (Å²) in [5.74, 6) is -5.44. The lowest BCUT2D eigenvalue weighted by Crippen LogP contribution is -2.34. The molecule has 0 bridgehead atoms. The van der Waals surface area contributed by atoms with Crippen LogP contribution in [0.25, 0.3) is 0 Å². The molecule has 116 valence electrons. The second-order valence-electron chi connectivity index (χ2n) is 6.45. The molecule has 1 rings (SSSR count). The third-order valence-corrected chi connectivity index (χ3v) is 3.50. The number of halogens is 3. The number of aliphatic carboxylic acids is 1. The first-order chi connectivity index (χ1) is 8.92. The molecule has 1 N–H and O–H groups in total. The van der Waals surface area contributed by atoms with Gasteiger partial charge in [0, 0.05) is 19.5 Å². The Bertz CT molecular complexity index is 387. The summed E-state index contributed by atoms with van der Waals surface area (Å²) >= 11 is 0. The Hall–Kier alpha value is -1.27. The average Bonchev–Trinajstić information content (AvgIpc) is 2.69. The Morgan fingerprint density at radius 1 is 1.20 bits per heavy atom. The Morgan fingerprint density at radius 3 is 2.10 bits per heavy atom. The molecule has 2 atom stereocenters. The van der Waals surface area contributed by atoms with Crippen LogP contribution in [0.4, 0.5) is 13.2 Å². The van der Waals surface area contributed by atoms with Gasteiger partial charge in [0.25, 0.3) is 0 Å². The van der Waals surface area contributed by atoms with Gasteiger partial charge in [-0.3, -0.25) is 9.59 Å². The molecule has 0 saturated carbocycles. The molecule has 1 amide bonds. The second-order valence-corrected chi connectivity index (χ2v) is 6.45. The molecule has 1 fully saturated rings. The predicted molar refractivity (Wildman–Crippen MR) is 65.9 cm³/mol. The summed E-state index contributed by atoms with van der Waals surface area (Å²) in [6, 6.07) is 0. The van der Waals surface area contributed by atoms with Crippen molar-refractivity contribution < 1.29 is 27.9 Å².